The van der Waals surface area contributed by atoms with E-state index in [1.54, 1.807) is 13.2 Å². The van der Waals surface area contributed by atoms with Crippen LogP contribution in [-0.2, 0) is 4.74 Å². The van der Waals surface area contributed by atoms with Crippen LogP contribution >= 0.6 is 0 Å². The molecule has 0 unspecified atom stereocenters. The van der Waals surface area contributed by atoms with Crippen molar-refractivity contribution in [2.24, 2.45) is 10.9 Å². The fourth-order valence-electron chi connectivity index (χ4n) is 2.23. The van der Waals surface area contributed by atoms with Crippen molar-refractivity contribution < 1.29 is 9.94 Å². The average Bonchev–Trinajstić information content (AvgIpc) is 2.49. The predicted octanol–water partition coefficient (Wildman–Crippen LogP) is 1.52. The van der Waals surface area contributed by atoms with E-state index in [1.807, 2.05) is 6.92 Å². The Kier molecular flexibility index (Phi) is 6.87. The summed E-state index contributed by atoms with van der Waals surface area (Å²) in [4.78, 5) is 11.0. The zero-order valence-electron chi connectivity index (χ0n) is 13.2. The fourth-order valence-corrected chi connectivity index (χ4v) is 2.23. The Hall–Kier alpha value is -1.89. The van der Waals surface area contributed by atoms with Crippen molar-refractivity contribution in [1.29, 1.82) is 0 Å². The molecular weight excluding hydrogens is 270 g/mol. The van der Waals surface area contributed by atoms with Gasteiger partial charge < -0.3 is 20.6 Å². The topological polar surface area (TPSA) is 96.9 Å². The monoisotopic (exact) mass is 295 g/mol. The van der Waals surface area contributed by atoms with Crippen LogP contribution in [-0.4, -0.2) is 47.3 Å². The van der Waals surface area contributed by atoms with E-state index >= 15 is 0 Å². The summed E-state index contributed by atoms with van der Waals surface area (Å²) in [5, 5.41) is 11.8. The van der Waals surface area contributed by atoms with Gasteiger partial charge in [-0.05, 0) is 25.8 Å². The second-order valence-corrected chi connectivity index (χ2v) is 4.84. The van der Waals surface area contributed by atoms with Crippen LogP contribution in [0.15, 0.2) is 11.2 Å². The molecule has 7 heteroatoms. The SMILES string of the molecule is CCC(CC)N(CCOC)c1nc(C)cc(/C(N)=N/O)n1. The van der Waals surface area contributed by atoms with E-state index < -0.39 is 0 Å². The molecule has 0 saturated heterocycles. The number of aryl methyl sites for hydroxylation is 1. The minimum Gasteiger partial charge on any atom is -0.409 e. The fraction of sp³-hybridized carbons (Fsp3) is 0.643. The van der Waals surface area contributed by atoms with E-state index in [2.05, 4.69) is 33.9 Å². The highest BCUT2D eigenvalue weighted by atomic mass is 16.5. The molecule has 0 amide bonds. The van der Waals surface area contributed by atoms with Gasteiger partial charge in [0.15, 0.2) is 5.84 Å². The number of methoxy groups -OCH3 is 1. The molecular formula is C14H25N5O2. The van der Waals surface area contributed by atoms with Gasteiger partial charge in [-0.25, -0.2) is 9.97 Å². The molecule has 1 rings (SSSR count). The van der Waals surface area contributed by atoms with Crippen molar-refractivity contribution in [3.05, 3.63) is 17.5 Å². The maximum Gasteiger partial charge on any atom is 0.226 e. The lowest BCUT2D eigenvalue weighted by Crippen LogP contribution is -2.39. The normalized spacial score (nSPS) is 12.0. The first-order valence-electron chi connectivity index (χ1n) is 7.16. The molecule has 0 aromatic carbocycles. The number of nitrogens with two attached hydrogens (primary N) is 1. The first-order chi connectivity index (χ1) is 10.1. The third kappa shape index (κ3) is 4.56. The van der Waals surface area contributed by atoms with E-state index in [1.165, 1.54) is 0 Å². The molecule has 0 fully saturated rings. The molecule has 0 spiro atoms. The summed E-state index contributed by atoms with van der Waals surface area (Å²) in [5.74, 6) is 0.570. The van der Waals surface area contributed by atoms with Crippen molar-refractivity contribution in [2.75, 3.05) is 25.2 Å². The van der Waals surface area contributed by atoms with E-state index in [0.29, 0.717) is 30.8 Å². The number of nitrogens with zero attached hydrogens (tertiary/aromatic N) is 4. The Bertz CT molecular complexity index is 474. The highest BCUT2D eigenvalue weighted by molar-refractivity contribution is 5.95. The van der Waals surface area contributed by atoms with Crippen molar-refractivity contribution in [2.45, 2.75) is 39.7 Å². The van der Waals surface area contributed by atoms with Gasteiger partial charge in [-0.2, -0.15) is 0 Å². The van der Waals surface area contributed by atoms with Crippen molar-refractivity contribution in [3.63, 3.8) is 0 Å². The molecule has 118 valence electrons. The van der Waals surface area contributed by atoms with Gasteiger partial charge in [0.2, 0.25) is 5.95 Å². The number of oxime groups is 1. The van der Waals surface area contributed by atoms with Crippen LogP contribution in [0.2, 0.25) is 0 Å². The lowest BCUT2D eigenvalue weighted by Gasteiger charge is -2.30. The van der Waals surface area contributed by atoms with Gasteiger partial charge in [0.1, 0.15) is 5.69 Å². The summed E-state index contributed by atoms with van der Waals surface area (Å²) < 4.78 is 5.18. The number of hydrogen-bond donors (Lipinski definition) is 2. The van der Waals surface area contributed by atoms with Crippen molar-refractivity contribution in [1.82, 2.24) is 9.97 Å². The molecule has 21 heavy (non-hydrogen) atoms. The second kappa shape index (κ2) is 8.41. The molecule has 0 radical (unpaired) electrons. The molecule has 0 aliphatic heterocycles. The Labute approximate surface area is 125 Å². The van der Waals surface area contributed by atoms with Crippen LogP contribution in [0, 0.1) is 6.92 Å². The number of ether oxygens (including phenoxy) is 1. The Morgan fingerprint density at radius 3 is 2.62 bits per heavy atom. The van der Waals surface area contributed by atoms with Crippen molar-refractivity contribution >= 4 is 11.8 Å². The zero-order chi connectivity index (χ0) is 15.8. The number of rotatable bonds is 8. The van der Waals surface area contributed by atoms with Gasteiger partial charge in [-0.3, -0.25) is 0 Å². The largest absolute Gasteiger partial charge is 0.409 e. The third-order valence-electron chi connectivity index (χ3n) is 3.39. The Balaban J connectivity index is 3.19. The molecule has 1 aromatic heterocycles. The summed E-state index contributed by atoms with van der Waals surface area (Å²) >= 11 is 0. The van der Waals surface area contributed by atoms with Crippen LogP contribution in [0.1, 0.15) is 38.1 Å². The lowest BCUT2D eigenvalue weighted by atomic mass is 10.1. The van der Waals surface area contributed by atoms with Crippen LogP contribution in [0.5, 0.6) is 0 Å². The quantitative estimate of drug-likeness (QED) is 0.327. The maximum atomic E-state index is 8.82. The first-order valence-corrected chi connectivity index (χ1v) is 7.16. The number of anilines is 1. The van der Waals surface area contributed by atoms with E-state index in [-0.39, 0.29) is 5.84 Å². The van der Waals surface area contributed by atoms with Crippen LogP contribution < -0.4 is 10.6 Å². The van der Waals surface area contributed by atoms with E-state index in [0.717, 1.165) is 18.5 Å². The molecule has 0 saturated carbocycles. The van der Waals surface area contributed by atoms with Gasteiger partial charge >= 0.3 is 0 Å². The van der Waals surface area contributed by atoms with Crippen LogP contribution in [0.25, 0.3) is 0 Å². The Morgan fingerprint density at radius 2 is 2.10 bits per heavy atom. The minimum atomic E-state index is -0.0158. The van der Waals surface area contributed by atoms with Crippen LogP contribution in [0.3, 0.4) is 0 Å². The van der Waals surface area contributed by atoms with Crippen LogP contribution in [0.4, 0.5) is 5.95 Å². The highest BCUT2D eigenvalue weighted by Crippen LogP contribution is 2.17. The van der Waals surface area contributed by atoms with Gasteiger partial charge in [-0.1, -0.05) is 19.0 Å². The lowest BCUT2D eigenvalue weighted by molar-refractivity contribution is 0.202. The van der Waals surface area contributed by atoms with Gasteiger partial charge in [0.05, 0.1) is 6.61 Å². The smallest absolute Gasteiger partial charge is 0.226 e. The number of hydrogen-bond acceptors (Lipinski definition) is 6. The maximum absolute atomic E-state index is 8.82. The summed E-state index contributed by atoms with van der Waals surface area (Å²) in [7, 11) is 1.67. The summed E-state index contributed by atoms with van der Waals surface area (Å²) in [5.41, 5.74) is 6.84. The third-order valence-corrected chi connectivity index (χ3v) is 3.39. The molecule has 0 atom stereocenters. The average molecular weight is 295 g/mol. The van der Waals surface area contributed by atoms with Gasteiger partial charge in [-0.15, -0.1) is 0 Å². The standard InChI is InChI=1S/C14H25N5O2/c1-5-11(6-2)19(7-8-21-4)14-16-10(3)9-12(17-14)13(15)18-20/h9,11,20H,5-8H2,1-4H3,(H2,15,18). The summed E-state index contributed by atoms with van der Waals surface area (Å²) in [6.07, 6.45) is 1.97. The highest BCUT2D eigenvalue weighted by Gasteiger charge is 2.19. The first kappa shape index (κ1) is 17.2. The summed E-state index contributed by atoms with van der Waals surface area (Å²) in [6, 6.07) is 2.02. The Morgan fingerprint density at radius 1 is 1.43 bits per heavy atom. The number of aromatic nitrogens is 2. The van der Waals surface area contributed by atoms with Crippen molar-refractivity contribution in [3.8, 4) is 0 Å². The molecule has 1 heterocycles. The molecule has 0 aliphatic rings. The van der Waals surface area contributed by atoms with E-state index in [9.17, 15) is 0 Å². The molecule has 7 nitrogen and oxygen atoms in total. The number of amidine groups is 1. The molecule has 0 aliphatic carbocycles. The predicted molar refractivity (Wildman–Crippen MR) is 82.9 cm³/mol. The minimum absolute atomic E-state index is 0.0158. The molecule has 0 bridgehead atoms. The van der Waals surface area contributed by atoms with E-state index in [4.69, 9.17) is 15.7 Å². The van der Waals surface area contributed by atoms with Gasteiger partial charge in [0.25, 0.3) is 0 Å². The second-order valence-electron chi connectivity index (χ2n) is 4.84. The van der Waals surface area contributed by atoms with Gasteiger partial charge in [0, 0.05) is 25.4 Å². The zero-order valence-corrected chi connectivity index (χ0v) is 13.2. The molecule has 1 aromatic rings. The molecule has 3 N–H and O–H groups in total. The summed E-state index contributed by atoms with van der Waals surface area (Å²) in [6.45, 7) is 7.41.